The highest BCUT2D eigenvalue weighted by molar-refractivity contribution is 5.91. The lowest BCUT2D eigenvalue weighted by Crippen LogP contribution is -2.42. The largest absolute Gasteiger partial charge is 0.496 e. The SMILES string of the molecule is COc1ccc(CN(C)C(=O)[C@@H]2C[C@H](N)CN2C)c2ccccc12. The summed E-state index contributed by atoms with van der Waals surface area (Å²) in [6.45, 7) is 1.35. The van der Waals surface area contributed by atoms with Crippen LogP contribution in [-0.2, 0) is 11.3 Å². The Labute approximate surface area is 143 Å². The molecule has 0 bridgehead atoms. The van der Waals surface area contributed by atoms with Crippen LogP contribution in [0.5, 0.6) is 5.75 Å². The molecule has 2 N–H and O–H groups in total. The summed E-state index contributed by atoms with van der Waals surface area (Å²) in [7, 11) is 5.50. The highest BCUT2D eigenvalue weighted by Gasteiger charge is 2.34. The first-order chi connectivity index (χ1) is 11.5. The fourth-order valence-electron chi connectivity index (χ4n) is 3.57. The number of likely N-dealkylation sites (tertiary alicyclic amines) is 1. The van der Waals surface area contributed by atoms with Crippen LogP contribution in [0.2, 0.25) is 0 Å². The van der Waals surface area contributed by atoms with E-state index >= 15 is 0 Å². The van der Waals surface area contributed by atoms with E-state index in [0.717, 1.165) is 35.1 Å². The van der Waals surface area contributed by atoms with Crippen LogP contribution in [0.3, 0.4) is 0 Å². The standard InChI is InChI=1S/C19H25N3O2/c1-21-12-14(20)10-17(21)19(23)22(2)11-13-8-9-18(24-3)16-7-5-4-6-15(13)16/h4-9,14,17H,10-12,20H2,1-3H3/t14-,17-/m0/s1. The van der Waals surface area contributed by atoms with Gasteiger partial charge in [0.25, 0.3) is 0 Å². The third kappa shape index (κ3) is 3.09. The Kier molecular flexibility index (Phi) is 4.73. The van der Waals surface area contributed by atoms with Crippen LogP contribution in [-0.4, -0.2) is 55.5 Å². The van der Waals surface area contributed by atoms with E-state index in [1.807, 2.05) is 44.4 Å². The number of fused-ring (bicyclic) bond motifs is 1. The van der Waals surface area contributed by atoms with Crippen LogP contribution in [0.1, 0.15) is 12.0 Å². The van der Waals surface area contributed by atoms with E-state index in [9.17, 15) is 4.79 Å². The quantitative estimate of drug-likeness (QED) is 0.931. The highest BCUT2D eigenvalue weighted by Crippen LogP contribution is 2.29. The van der Waals surface area contributed by atoms with E-state index in [4.69, 9.17) is 10.5 Å². The number of carbonyl (C=O) groups excluding carboxylic acids is 1. The fraction of sp³-hybridized carbons (Fsp3) is 0.421. The molecule has 1 aliphatic heterocycles. The maximum absolute atomic E-state index is 12.8. The van der Waals surface area contributed by atoms with Gasteiger partial charge in [-0.1, -0.05) is 30.3 Å². The van der Waals surface area contributed by atoms with Gasteiger partial charge in [-0.25, -0.2) is 0 Å². The molecule has 24 heavy (non-hydrogen) atoms. The second-order valence-corrected chi connectivity index (χ2v) is 6.62. The number of methoxy groups -OCH3 is 1. The van der Waals surface area contributed by atoms with Gasteiger partial charge in [0.15, 0.2) is 0 Å². The van der Waals surface area contributed by atoms with Gasteiger partial charge in [-0.15, -0.1) is 0 Å². The van der Waals surface area contributed by atoms with Crippen LogP contribution < -0.4 is 10.5 Å². The van der Waals surface area contributed by atoms with Gasteiger partial charge in [-0.3, -0.25) is 9.69 Å². The molecule has 2 aromatic carbocycles. The number of likely N-dealkylation sites (N-methyl/N-ethyl adjacent to an activating group) is 2. The summed E-state index contributed by atoms with van der Waals surface area (Å²) < 4.78 is 5.44. The van der Waals surface area contributed by atoms with Crippen molar-refractivity contribution in [2.75, 3.05) is 27.7 Å². The Hall–Kier alpha value is -2.11. The molecule has 0 unspecified atom stereocenters. The second kappa shape index (κ2) is 6.79. The zero-order valence-electron chi connectivity index (χ0n) is 14.5. The molecule has 0 saturated carbocycles. The fourth-order valence-corrected chi connectivity index (χ4v) is 3.57. The van der Waals surface area contributed by atoms with Crippen molar-refractivity contribution in [3.8, 4) is 5.75 Å². The molecule has 1 heterocycles. The summed E-state index contributed by atoms with van der Waals surface area (Å²) in [6.07, 6.45) is 0.725. The monoisotopic (exact) mass is 327 g/mol. The molecule has 0 spiro atoms. The molecule has 1 amide bonds. The zero-order chi connectivity index (χ0) is 17.3. The predicted octanol–water partition coefficient (Wildman–Crippen LogP) is 1.84. The van der Waals surface area contributed by atoms with Gasteiger partial charge < -0.3 is 15.4 Å². The van der Waals surface area contributed by atoms with Crippen molar-refractivity contribution < 1.29 is 9.53 Å². The first-order valence-corrected chi connectivity index (χ1v) is 8.26. The zero-order valence-corrected chi connectivity index (χ0v) is 14.5. The van der Waals surface area contributed by atoms with Crippen molar-refractivity contribution in [3.05, 3.63) is 42.0 Å². The first-order valence-electron chi connectivity index (χ1n) is 8.26. The summed E-state index contributed by atoms with van der Waals surface area (Å²) >= 11 is 0. The molecule has 2 aromatic rings. The first kappa shape index (κ1) is 16.7. The Bertz CT molecular complexity index is 746. The topological polar surface area (TPSA) is 58.8 Å². The Morgan fingerprint density at radius 1 is 1.29 bits per heavy atom. The van der Waals surface area contributed by atoms with Gasteiger partial charge in [0.1, 0.15) is 5.75 Å². The van der Waals surface area contributed by atoms with Crippen molar-refractivity contribution in [2.45, 2.75) is 25.0 Å². The Morgan fingerprint density at radius 2 is 2.00 bits per heavy atom. The minimum absolute atomic E-state index is 0.0826. The van der Waals surface area contributed by atoms with Crippen LogP contribution in [0.25, 0.3) is 10.8 Å². The van der Waals surface area contributed by atoms with Crippen LogP contribution >= 0.6 is 0 Å². The summed E-state index contributed by atoms with van der Waals surface area (Å²) in [4.78, 5) is 16.6. The number of nitrogens with two attached hydrogens (primary N) is 1. The third-order valence-electron chi connectivity index (χ3n) is 4.84. The van der Waals surface area contributed by atoms with Gasteiger partial charge in [0.2, 0.25) is 5.91 Å². The maximum Gasteiger partial charge on any atom is 0.240 e. The van der Waals surface area contributed by atoms with E-state index < -0.39 is 0 Å². The van der Waals surface area contributed by atoms with Crippen molar-refractivity contribution in [1.82, 2.24) is 9.80 Å². The average Bonchev–Trinajstić information content (AvgIpc) is 2.92. The van der Waals surface area contributed by atoms with Gasteiger partial charge in [-0.05, 0) is 30.5 Å². The number of nitrogens with zero attached hydrogens (tertiary/aromatic N) is 2. The molecule has 5 heteroatoms. The molecule has 0 aliphatic carbocycles. The molecule has 128 valence electrons. The van der Waals surface area contributed by atoms with Gasteiger partial charge in [0.05, 0.1) is 13.2 Å². The van der Waals surface area contributed by atoms with Gasteiger partial charge in [-0.2, -0.15) is 0 Å². The summed E-state index contributed by atoms with van der Waals surface area (Å²) in [5.41, 5.74) is 7.10. The highest BCUT2D eigenvalue weighted by atomic mass is 16.5. The van der Waals surface area contributed by atoms with Crippen LogP contribution in [0.15, 0.2) is 36.4 Å². The van der Waals surface area contributed by atoms with Gasteiger partial charge >= 0.3 is 0 Å². The summed E-state index contributed by atoms with van der Waals surface area (Å²) in [5, 5.41) is 2.19. The minimum Gasteiger partial charge on any atom is -0.496 e. The number of hydrogen-bond donors (Lipinski definition) is 1. The van der Waals surface area contributed by atoms with E-state index in [2.05, 4.69) is 11.0 Å². The normalized spacial score (nSPS) is 21.2. The average molecular weight is 327 g/mol. The number of carbonyl (C=O) groups is 1. The molecular formula is C19H25N3O2. The molecule has 0 radical (unpaired) electrons. The minimum atomic E-state index is -0.116. The molecule has 5 nitrogen and oxygen atoms in total. The molecule has 0 aromatic heterocycles. The third-order valence-corrected chi connectivity index (χ3v) is 4.84. The van der Waals surface area contributed by atoms with Crippen LogP contribution in [0, 0.1) is 0 Å². The van der Waals surface area contributed by atoms with E-state index in [-0.39, 0.29) is 18.0 Å². The molecule has 2 atom stereocenters. The molecule has 1 aliphatic rings. The van der Waals surface area contributed by atoms with Crippen molar-refractivity contribution in [1.29, 1.82) is 0 Å². The van der Waals surface area contributed by atoms with E-state index in [1.165, 1.54) is 0 Å². The lowest BCUT2D eigenvalue weighted by molar-refractivity contribution is -0.134. The molecule has 1 saturated heterocycles. The smallest absolute Gasteiger partial charge is 0.240 e. The van der Waals surface area contributed by atoms with Crippen molar-refractivity contribution in [2.24, 2.45) is 5.73 Å². The van der Waals surface area contributed by atoms with Crippen LogP contribution in [0.4, 0.5) is 0 Å². The number of ether oxygens (including phenoxy) is 1. The number of hydrogen-bond acceptors (Lipinski definition) is 4. The number of benzene rings is 2. The summed E-state index contributed by atoms with van der Waals surface area (Å²) in [5.74, 6) is 0.982. The maximum atomic E-state index is 12.8. The van der Waals surface area contributed by atoms with Crippen molar-refractivity contribution in [3.63, 3.8) is 0 Å². The van der Waals surface area contributed by atoms with E-state index in [0.29, 0.717) is 6.54 Å². The molecule has 1 fully saturated rings. The van der Waals surface area contributed by atoms with E-state index in [1.54, 1.807) is 12.0 Å². The molecular weight excluding hydrogens is 302 g/mol. The Morgan fingerprint density at radius 3 is 2.62 bits per heavy atom. The lowest BCUT2D eigenvalue weighted by atomic mass is 10.0. The van der Waals surface area contributed by atoms with Crippen molar-refractivity contribution >= 4 is 16.7 Å². The lowest BCUT2D eigenvalue weighted by Gasteiger charge is -2.25. The summed E-state index contributed by atoms with van der Waals surface area (Å²) in [6, 6.07) is 12.1. The van der Waals surface area contributed by atoms with Gasteiger partial charge in [0, 0.05) is 31.6 Å². The number of rotatable bonds is 4. The Balaban J connectivity index is 1.83. The second-order valence-electron chi connectivity index (χ2n) is 6.62. The predicted molar refractivity (Wildman–Crippen MR) is 96.0 cm³/mol. The number of amides is 1. The molecule has 3 rings (SSSR count).